The Morgan fingerprint density at radius 1 is 1.04 bits per heavy atom. The maximum atomic E-state index is 10.9. The Morgan fingerprint density at radius 3 is 2.70 bits per heavy atom. The van der Waals surface area contributed by atoms with Crippen LogP contribution in [0.1, 0.15) is 11.3 Å². The molecule has 0 fully saturated rings. The fraction of sp³-hybridized carbons (Fsp3) is 0.0952. The molecule has 2 aromatic heterocycles. The number of imidazole rings is 1. The molecule has 134 valence electrons. The highest BCUT2D eigenvalue weighted by Gasteiger charge is 2.09. The molecule has 0 aliphatic heterocycles. The van der Waals surface area contributed by atoms with Crippen LogP contribution in [0.15, 0.2) is 72.9 Å². The molecule has 0 aliphatic carbocycles. The van der Waals surface area contributed by atoms with Gasteiger partial charge >= 0.3 is 5.97 Å². The van der Waals surface area contributed by atoms with Crippen molar-refractivity contribution in [2.75, 3.05) is 0 Å². The van der Waals surface area contributed by atoms with Crippen molar-refractivity contribution in [2.24, 2.45) is 0 Å². The van der Waals surface area contributed by atoms with Crippen molar-refractivity contribution in [1.29, 1.82) is 0 Å². The van der Waals surface area contributed by atoms with Gasteiger partial charge < -0.3 is 9.84 Å². The number of fused-ring (bicyclic) bond motifs is 1. The van der Waals surface area contributed by atoms with Crippen molar-refractivity contribution in [3.05, 3.63) is 84.2 Å². The quantitative estimate of drug-likeness (QED) is 0.569. The van der Waals surface area contributed by atoms with Crippen molar-refractivity contribution < 1.29 is 14.6 Å². The van der Waals surface area contributed by atoms with Gasteiger partial charge in [-0.05, 0) is 29.8 Å². The number of nitrogens with zero attached hydrogens (tertiary/aromatic N) is 3. The number of carboxylic acid groups (broad SMARTS) is 1. The number of rotatable bonds is 6. The van der Waals surface area contributed by atoms with E-state index in [0.29, 0.717) is 17.9 Å². The van der Waals surface area contributed by atoms with Gasteiger partial charge in [0.25, 0.3) is 0 Å². The molecule has 4 aromatic rings. The van der Waals surface area contributed by atoms with Gasteiger partial charge in [0.2, 0.25) is 0 Å². The topological polar surface area (TPSA) is 76.7 Å². The molecular formula is C21H17N3O3. The van der Waals surface area contributed by atoms with Crippen LogP contribution in [-0.2, 0) is 17.8 Å². The smallest absolute Gasteiger partial charge is 0.309 e. The Morgan fingerprint density at radius 2 is 1.89 bits per heavy atom. The lowest BCUT2D eigenvalue weighted by molar-refractivity contribution is -0.136. The maximum absolute atomic E-state index is 10.9. The molecule has 2 heterocycles. The van der Waals surface area contributed by atoms with Crippen LogP contribution in [0.4, 0.5) is 0 Å². The highest BCUT2D eigenvalue weighted by molar-refractivity contribution is 5.70. The Labute approximate surface area is 155 Å². The zero-order chi connectivity index (χ0) is 18.6. The molecule has 0 amide bonds. The van der Waals surface area contributed by atoms with Crippen molar-refractivity contribution >= 4 is 11.6 Å². The molecule has 6 heteroatoms. The second-order valence-corrected chi connectivity index (χ2v) is 6.13. The van der Waals surface area contributed by atoms with Gasteiger partial charge in [-0.1, -0.05) is 42.5 Å². The van der Waals surface area contributed by atoms with Gasteiger partial charge in [0.15, 0.2) is 5.65 Å². The number of aromatic nitrogens is 3. The summed E-state index contributed by atoms with van der Waals surface area (Å²) in [6, 6.07) is 21.4. The van der Waals surface area contributed by atoms with Crippen LogP contribution in [0.3, 0.4) is 0 Å². The normalized spacial score (nSPS) is 10.8. The molecule has 1 N–H and O–H groups in total. The maximum Gasteiger partial charge on any atom is 0.309 e. The third-order valence-corrected chi connectivity index (χ3v) is 4.08. The molecule has 0 bridgehead atoms. The summed E-state index contributed by atoms with van der Waals surface area (Å²) in [6.45, 7) is 0.497. The van der Waals surface area contributed by atoms with Crippen molar-refractivity contribution in [3.8, 4) is 17.0 Å². The van der Waals surface area contributed by atoms with Crippen LogP contribution in [0, 0.1) is 0 Å². The van der Waals surface area contributed by atoms with E-state index in [1.807, 2.05) is 66.7 Å². The molecule has 0 aliphatic rings. The monoisotopic (exact) mass is 359 g/mol. The number of benzene rings is 2. The molecule has 0 saturated heterocycles. The summed E-state index contributed by atoms with van der Waals surface area (Å²) in [5.41, 5.74) is 3.87. The highest BCUT2D eigenvalue weighted by Crippen LogP contribution is 2.23. The number of hydrogen-bond acceptors (Lipinski definition) is 4. The average Bonchev–Trinajstić information content (AvgIpc) is 3.08. The van der Waals surface area contributed by atoms with Crippen LogP contribution < -0.4 is 4.74 Å². The van der Waals surface area contributed by atoms with E-state index in [4.69, 9.17) is 9.84 Å². The van der Waals surface area contributed by atoms with Crippen LogP contribution in [0.25, 0.3) is 16.9 Å². The Balaban J connectivity index is 1.56. The zero-order valence-corrected chi connectivity index (χ0v) is 14.4. The first kappa shape index (κ1) is 16.8. The summed E-state index contributed by atoms with van der Waals surface area (Å²) < 4.78 is 7.48. The minimum Gasteiger partial charge on any atom is -0.489 e. The van der Waals surface area contributed by atoms with Gasteiger partial charge in [0, 0.05) is 5.56 Å². The number of carboxylic acids is 1. The van der Waals surface area contributed by atoms with Crippen LogP contribution in [0.2, 0.25) is 0 Å². The van der Waals surface area contributed by atoms with Crippen molar-refractivity contribution in [2.45, 2.75) is 13.0 Å². The van der Waals surface area contributed by atoms with Crippen molar-refractivity contribution in [3.63, 3.8) is 0 Å². The van der Waals surface area contributed by atoms with E-state index in [2.05, 4.69) is 10.1 Å². The van der Waals surface area contributed by atoms with Crippen LogP contribution in [0.5, 0.6) is 5.75 Å². The largest absolute Gasteiger partial charge is 0.489 e. The molecule has 0 saturated carbocycles. The summed E-state index contributed by atoms with van der Waals surface area (Å²) in [6.07, 6.45) is 1.52. The second kappa shape index (κ2) is 7.29. The number of hydrogen-bond donors (Lipinski definition) is 1. The van der Waals surface area contributed by atoms with E-state index in [0.717, 1.165) is 22.6 Å². The van der Waals surface area contributed by atoms with Crippen LogP contribution in [-0.4, -0.2) is 25.7 Å². The molecule has 0 spiro atoms. The SMILES string of the molecule is O=C(O)Cc1cn2nc(-c3cccc(OCc4ccccc4)c3)ccc2n1. The number of aliphatic carboxylic acids is 1. The third-order valence-electron chi connectivity index (χ3n) is 4.08. The van der Waals surface area contributed by atoms with E-state index >= 15 is 0 Å². The summed E-state index contributed by atoms with van der Waals surface area (Å²) in [4.78, 5) is 15.1. The van der Waals surface area contributed by atoms with E-state index < -0.39 is 5.97 Å². The Kier molecular flexibility index (Phi) is 4.53. The summed E-state index contributed by atoms with van der Waals surface area (Å²) >= 11 is 0. The standard InChI is InChI=1S/C21H17N3O3/c25-21(26)12-17-13-24-20(22-17)10-9-19(23-24)16-7-4-8-18(11-16)27-14-15-5-2-1-3-6-15/h1-11,13H,12,14H2,(H,25,26). The first-order valence-electron chi connectivity index (χ1n) is 8.52. The van der Waals surface area contributed by atoms with E-state index in [1.165, 1.54) is 0 Å². The predicted octanol–water partition coefficient (Wildman–Crippen LogP) is 3.60. The molecule has 0 atom stereocenters. The van der Waals surface area contributed by atoms with E-state index in [1.54, 1.807) is 10.7 Å². The van der Waals surface area contributed by atoms with Gasteiger partial charge in [0.05, 0.1) is 24.0 Å². The minimum absolute atomic E-state index is 0.124. The molecule has 0 radical (unpaired) electrons. The van der Waals surface area contributed by atoms with Gasteiger partial charge in [-0.15, -0.1) is 0 Å². The second-order valence-electron chi connectivity index (χ2n) is 6.13. The van der Waals surface area contributed by atoms with E-state index in [-0.39, 0.29) is 6.42 Å². The first-order chi connectivity index (χ1) is 13.2. The summed E-state index contributed by atoms with van der Waals surface area (Å²) in [5, 5.41) is 13.4. The van der Waals surface area contributed by atoms with Gasteiger partial charge in [-0.25, -0.2) is 9.50 Å². The fourth-order valence-corrected chi connectivity index (χ4v) is 2.81. The summed E-state index contributed by atoms with van der Waals surface area (Å²) in [5.74, 6) is -0.155. The fourth-order valence-electron chi connectivity index (χ4n) is 2.81. The molecule has 0 unspecified atom stereocenters. The Bertz CT molecular complexity index is 1090. The lowest BCUT2D eigenvalue weighted by atomic mass is 10.1. The lowest BCUT2D eigenvalue weighted by Crippen LogP contribution is -1.99. The van der Waals surface area contributed by atoms with Gasteiger partial charge in [-0.3, -0.25) is 4.79 Å². The molecule has 27 heavy (non-hydrogen) atoms. The molecule has 4 rings (SSSR count). The van der Waals surface area contributed by atoms with Gasteiger partial charge in [0.1, 0.15) is 12.4 Å². The van der Waals surface area contributed by atoms with Gasteiger partial charge in [-0.2, -0.15) is 5.10 Å². The number of ether oxygens (including phenoxy) is 1. The lowest BCUT2D eigenvalue weighted by Gasteiger charge is -2.08. The number of carbonyl (C=O) groups is 1. The first-order valence-corrected chi connectivity index (χ1v) is 8.52. The highest BCUT2D eigenvalue weighted by atomic mass is 16.5. The van der Waals surface area contributed by atoms with Crippen LogP contribution >= 0.6 is 0 Å². The average molecular weight is 359 g/mol. The zero-order valence-electron chi connectivity index (χ0n) is 14.4. The summed E-state index contributed by atoms with van der Waals surface area (Å²) in [7, 11) is 0. The predicted molar refractivity (Wildman–Crippen MR) is 101 cm³/mol. The van der Waals surface area contributed by atoms with Crippen molar-refractivity contribution in [1.82, 2.24) is 14.6 Å². The molecular weight excluding hydrogens is 342 g/mol. The Hall–Kier alpha value is -3.67. The van der Waals surface area contributed by atoms with E-state index in [9.17, 15) is 4.79 Å². The third kappa shape index (κ3) is 3.95. The minimum atomic E-state index is -0.915. The molecule has 6 nitrogen and oxygen atoms in total. The molecule has 2 aromatic carbocycles.